The van der Waals surface area contributed by atoms with E-state index >= 15 is 0 Å². The Labute approximate surface area is 109 Å². The summed E-state index contributed by atoms with van der Waals surface area (Å²) >= 11 is 0. The van der Waals surface area contributed by atoms with Gasteiger partial charge in [-0.2, -0.15) is 13.2 Å². The Kier molecular flexibility index (Phi) is 3.33. The van der Waals surface area contributed by atoms with Gasteiger partial charge in [-0.05, 0) is 18.6 Å². The Morgan fingerprint density at radius 1 is 1.15 bits per heavy atom. The summed E-state index contributed by atoms with van der Waals surface area (Å²) in [6, 6.07) is 2.92. The molecule has 0 aliphatic carbocycles. The highest BCUT2D eigenvalue weighted by Crippen LogP contribution is 2.28. The molecule has 1 heterocycles. The van der Waals surface area contributed by atoms with Gasteiger partial charge in [0.25, 0.3) is 5.56 Å². The van der Waals surface area contributed by atoms with Crippen molar-refractivity contribution in [3.8, 4) is 11.3 Å². The van der Waals surface area contributed by atoms with Crippen molar-refractivity contribution in [1.29, 1.82) is 0 Å². The maximum atomic E-state index is 13.7. The number of aromatic nitrogens is 2. The second-order valence-electron chi connectivity index (χ2n) is 4.03. The zero-order valence-electron chi connectivity index (χ0n) is 9.98. The number of aromatic amines is 1. The van der Waals surface area contributed by atoms with E-state index in [0.717, 1.165) is 6.07 Å². The lowest BCUT2D eigenvalue weighted by atomic mass is 10.1. The fourth-order valence-electron chi connectivity index (χ4n) is 1.57. The van der Waals surface area contributed by atoms with E-state index in [1.807, 2.05) is 0 Å². The molecule has 106 valence electrons. The Balaban J connectivity index is 2.68. The van der Waals surface area contributed by atoms with Crippen molar-refractivity contribution in [1.82, 2.24) is 9.97 Å². The maximum absolute atomic E-state index is 13.7. The van der Waals surface area contributed by atoms with E-state index in [-0.39, 0.29) is 5.56 Å². The van der Waals surface area contributed by atoms with Crippen LogP contribution in [-0.4, -0.2) is 9.97 Å². The lowest BCUT2D eigenvalue weighted by Crippen LogP contribution is -2.19. The van der Waals surface area contributed by atoms with E-state index < -0.39 is 40.5 Å². The average Bonchev–Trinajstić information content (AvgIpc) is 2.34. The second kappa shape index (κ2) is 4.69. The number of hydrogen-bond donors (Lipinski definition) is 1. The van der Waals surface area contributed by atoms with Gasteiger partial charge in [0.05, 0.1) is 5.69 Å². The van der Waals surface area contributed by atoms with Gasteiger partial charge in [-0.25, -0.2) is 13.8 Å². The third-order valence-electron chi connectivity index (χ3n) is 2.56. The molecular weight excluding hydrogens is 283 g/mol. The van der Waals surface area contributed by atoms with Crippen molar-refractivity contribution in [2.75, 3.05) is 0 Å². The summed E-state index contributed by atoms with van der Waals surface area (Å²) in [6.07, 6.45) is -4.89. The van der Waals surface area contributed by atoms with Crippen LogP contribution in [0.5, 0.6) is 0 Å². The van der Waals surface area contributed by atoms with Gasteiger partial charge < -0.3 is 4.98 Å². The Hall–Kier alpha value is -2.25. The third-order valence-corrected chi connectivity index (χ3v) is 2.56. The van der Waals surface area contributed by atoms with E-state index in [2.05, 4.69) is 4.98 Å². The monoisotopic (exact) mass is 290 g/mol. The molecule has 1 aromatic heterocycles. The van der Waals surface area contributed by atoms with Gasteiger partial charge in [0.15, 0.2) is 11.6 Å². The van der Waals surface area contributed by atoms with Crippen LogP contribution in [0, 0.1) is 18.6 Å². The van der Waals surface area contributed by atoms with E-state index in [0.29, 0.717) is 6.07 Å². The second-order valence-corrected chi connectivity index (χ2v) is 4.03. The normalized spacial score (nSPS) is 11.7. The number of benzene rings is 1. The maximum Gasteiger partial charge on any atom is 0.449 e. The first-order chi connectivity index (χ1) is 9.20. The molecule has 0 saturated carbocycles. The summed E-state index contributed by atoms with van der Waals surface area (Å²) in [6.45, 7) is 1.30. The van der Waals surface area contributed by atoms with Gasteiger partial charge in [-0.1, -0.05) is 6.07 Å². The average molecular weight is 290 g/mol. The number of rotatable bonds is 1. The van der Waals surface area contributed by atoms with Gasteiger partial charge in [-0.15, -0.1) is 0 Å². The lowest BCUT2D eigenvalue weighted by Gasteiger charge is -2.09. The highest BCUT2D eigenvalue weighted by Gasteiger charge is 2.34. The van der Waals surface area contributed by atoms with Crippen LogP contribution in [0.25, 0.3) is 11.3 Å². The first kappa shape index (κ1) is 14.2. The molecule has 1 aromatic carbocycles. The van der Waals surface area contributed by atoms with E-state index in [1.54, 1.807) is 0 Å². The molecule has 0 spiro atoms. The third kappa shape index (κ3) is 2.54. The molecule has 0 bridgehead atoms. The summed E-state index contributed by atoms with van der Waals surface area (Å²) < 4.78 is 64.6. The molecule has 2 aromatic rings. The zero-order chi connectivity index (χ0) is 15.1. The van der Waals surface area contributed by atoms with Gasteiger partial charge >= 0.3 is 6.18 Å². The highest BCUT2D eigenvalue weighted by molar-refractivity contribution is 5.60. The van der Waals surface area contributed by atoms with Gasteiger partial charge in [0.1, 0.15) is 0 Å². The van der Waals surface area contributed by atoms with E-state index in [1.165, 1.54) is 18.0 Å². The fraction of sp³-hybridized carbons (Fsp3) is 0.167. The fourth-order valence-corrected chi connectivity index (χ4v) is 1.57. The Morgan fingerprint density at radius 2 is 1.80 bits per heavy atom. The molecule has 0 unspecified atom stereocenters. The molecule has 0 aliphatic heterocycles. The minimum atomic E-state index is -4.89. The first-order valence-corrected chi connectivity index (χ1v) is 5.33. The molecule has 0 amide bonds. The number of halogens is 5. The van der Waals surface area contributed by atoms with Crippen molar-refractivity contribution < 1.29 is 22.0 Å². The molecule has 1 N–H and O–H groups in total. The molecule has 0 atom stereocenters. The summed E-state index contributed by atoms with van der Waals surface area (Å²) in [5.41, 5.74) is -2.21. The zero-order valence-corrected chi connectivity index (χ0v) is 9.98. The molecule has 20 heavy (non-hydrogen) atoms. The number of alkyl halides is 3. The van der Waals surface area contributed by atoms with Crippen LogP contribution >= 0.6 is 0 Å². The van der Waals surface area contributed by atoms with Crippen LogP contribution in [0.2, 0.25) is 0 Å². The highest BCUT2D eigenvalue weighted by atomic mass is 19.4. The van der Waals surface area contributed by atoms with E-state index in [4.69, 9.17) is 0 Å². The number of nitrogens with zero attached hydrogens (tertiary/aromatic N) is 1. The summed E-state index contributed by atoms with van der Waals surface area (Å²) in [5, 5.41) is 0. The van der Waals surface area contributed by atoms with Crippen molar-refractivity contribution in [2.45, 2.75) is 13.1 Å². The number of aryl methyl sites for hydroxylation is 1. The first-order valence-electron chi connectivity index (χ1n) is 5.33. The van der Waals surface area contributed by atoms with Crippen LogP contribution in [-0.2, 0) is 6.18 Å². The van der Waals surface area contributed by atoms with Crippen molar-refractivity contribution in [3.63, 3.8) is 0 Å². The van der Waals surface area contributed by atoms with Crippen LogP contribution in [0.1, 0.15) is 11.4 Å². The van der Waals surface area contributed by atoms with Crippen molar-refractivity contribution in [3.05, 3.63) is 51.6 Å². The standard InChI is InChI=1S/C12H7F5N2O/c1-5-2-3-6(10(14)9(5)13)7-4-8(20)19-11(18-7)12(15,16)17/h2-4H,1H3,(H,18,19,20). The molecule has 3 nitrogen and oxygen atoms in total. The molecule has 0 saturated heterocycles. The molecule has 8 heteroatoms. The molecule has 2 rings (SSSR count). The van der Waals surface area contributed by atoms with Crippen LogP contribution in [0.15, 0.2) is 23.0 Å². The minimum absolute atomic E-state index is 0.00728. The molecule has 0 fully saturated rings. The predicted octanol–water partition coefficient (Wildman–Crippen LogP) is 3.04. The van der Waals surface area contributed by atoms with Gasteiger partial charge in [0.2, 0.25) is 5.82 Å². The number of H-pyrrole nitrogens is 1. The van der Waals surface area contributed by atoms with Gasteiger partial charge in [0, 0.05) is 11.6 Å². The quantitative estimate of drug-likeness (QED) is 0.820. The summed E-state index contributed by atoms with van der Waals surface area (Å²) in [7, 11) is 0. The SMILES string of the molecule is Cc1ccc(-c2cc(=O)[nH]c(C(F)(F)F)n2)c(F)c1F. The van der Waals surface area contributed by atoms with E-state index in [9.17, 15) is 26.7 Å². The van der Waals surface area contributed by atoms with Crippen molar-refractivity contribution in [2.24, 2.45) is 0 Å². The topological polar surface area (TPSA) is 45.8 Å². The summed E-state index contributed by atoms with van der Waals surface area (Å²) in [4.78, 5) is 15.8. The lowest BCUT2D eigenvalue weighted by molar-refractivity contribution is -0.145. The largest absolute Gasteiger partial charge is 0.449 e. The minimum Gasteiger partial charge on any atom is -0.303 e. The Morgan fingerprint density at radius 3 is 2.40 bits per heavy atom. The molecular formula is C12H7F5N2O. The molecule has 0 aliphatic rings. The van der Waals surface area contributed by atoms with Crippen LogP contribution in [0.4, 0.5) is 22.0 Å². The number of hydrogen-bond acceptors (Lipinski definition) is 2. The van der Waals surface area contributed by atoms with Crippen LogP contribution < -0.4 is 5.56 Å². The van der Waals surface area contributed by atoms with Crippen LogP contribution in [0.3, 0.4) is 0 Å². The number of nitrogens with one attached hydrogen (secondary N) is 1. The van der Waals surface area contributed by atoms with Gasteiger partial charge in [-0.3, -0.25) is 4.79 Å². The smallest absolute Gasteiger partial charge is 0.303 e. The summed E-state index contributed by atoms with van der Waals surface area (Å²) in [5.74, 6) is -4.12. The van der Waals surface area contributed by atoms with Crippen molar-refractivity contribution >= 4 is 0 Å². The predicted molar refractivity (Wildman–Crippen MR) is 59.9 cm³/mol. The molecule has 0 radical (unpaired) electrons. The Bertz CT molecular complexity index is 721.